The Hall–Kier alpha value is -1.50. The van der Waals surface area contributed by atoms with Crippen molar-refractivity contribution in [1.29, 1.82) is 0 Å². The summed E-state index contributed by atoms with van der Waals surface area (Å²) >= 11 is 0. The van der Waals surface area contributed by atoms with Gasteiger partial charge in [-0.3, -0.25) is 4.90 Å². The summed E-state index contributed by atoms with van der Waals surface area (Å²) in [4.78, 5) is 11.8. The van der Waals surface area contributed by atoms with Crippen molar-refractivity contribution in [3.05, 3.63) is 24.2 Å². The molecule has 23 heavy (non-hydrogen) atoms. The largest absolute Gasteiger partial charge is 0.379 e. The average Bonchev–Trinajstić information content (AvgIpc) is 3.00. The molecule has 0 N–H and O–H groups in total. The van der Waals surface area contributed by atoms with Crippen LogP contribution >= 0.6 is 0 Å². The van der Waals surface area contributed by atoms with Crippen molar-refractivity contribution in [3.63, 3.8) is 0 Å². The summed E-state index contributed by atoms with van der Waals surface area (Å²) in [6.45, 7) is 6.44. The molecule has 0 spiro atoms. The van der Waals surface area contributed by atoms with E-state index in [1.165, 1.54) is 6.42 Å². The van der Waals surface area contributed by atoms with Crippen LogP contribution in [-0.4, -0.2) is 58.9 Å². The van der Waals surface area contributed by atoms with E-state index < -0.39 is 0 Å². The number of imidazole rings is 1. The van der Waals surface area contributed by atoms with Gasteiger partial charge in [0.05, 0.1) is 13.2 Å². The van der Waals surface area contributed by atoms with Gasteiger partial charge >= 0.3 is 0 Å². The molecule has 4 heterocycles. The molecule has 0 aliphatic carbocycles. The van der Waals surface area contributed by atoms with Crippen LogP contribution in [0.25, 0.3) is 11.2 Å². The van der Waals surface area contributed by atoms with Crippen LogP contribution in [0.2, 0.25) is 0 Å². The fraction of sp³-hybridized carbons (Fsp3) is 0.647. The van der Waals surface area contributed by atoms with Crippen molar-refractivity contribution in [2.75, 3.05) is 39.5 Å². The molecule has 2 aromatic rings. The molecular formula is C17H24N4O2. The predicted molar refractivity (Wildman–Crippen MR) is 87.3 cm³/mol. The first-order valence-electron chi connectivity index (χ1n) is 8.65. The second-order valence-corrected chi connectivity index (χ2v) is 6.28. The van der Waals surface area contributed by atoms with Crippen LogP contribution in [0.1, 0.15) is 31.2 Å². The van der Waals surface area contributed by atoms with Gasteiger partial charge in [-0.15, -0.1) is 0 Å². The maximum atomic E-state index is 5.98. The van der Waals surface area contributed by atoms with Crippen LogP contribution in [0, 0.1) is 0 Å². The molecule has 124 valence electrons. The van der Waals surface area contributed by atoms with E-state index in [1.54, 1.807) is 0 Å². The minimum Gasteiger partial charge on any atom is -0.379 e. The second kappa shape index (κ2) is 6.95. The Balaban J connectivity index is 1.59. The third-order valence-electron chi connectivity index (χ3n) is 4.74. The molecule has 0 aromatic carbocycles. The molecule has 2 fully saturated rings. The Morgan fingerprint density at radius 2 is 2.04 bits per heavy atom. The molecule has 0 bridgehead atoms. The zero-order valence-electron chi connectivity index (χ0n) is 13.5. The van der Waals surface area contributed by atoms with Gasteiger partial charge in [-0.1, -0.05) is 0 Å². The van der Waals surface area contributed by atoms with E-state index in [9.17, 15) is 0 Å². The zero-order valence-corrected chi connectivity index (χ0v) is 13.5. The van der Waals surface area contributed by atoms with E-state index in [2.05, 4.69) is 14.5 Å². The molecule has 6 heteroatoms. The quantitative estimate of drug-likeness (QED) is 0.863. The van der Waals surface area contributed by atoms with E-state index in [0.717, 1.165) is 75.8 Å². The molecule has 0 amide bonds. The predicted octanol–water partition coefficient (Wildman–Crippen LogP) is 2.01. The summed E-state index contributed by atoms with van der Waals surface area (Å²) in [6.07, 6.45) is 5.39. The zero-order chi connectivity index (χ0) is 15.5. The van der Waals surface area contributed by atoms with Gasteiger partial charge in [-0.2, -0.15) is 0 Å². The third kappa shape index (κ3) is 3.24. The maximum Gasteiger partial charge on any atom is 0.160 e. The molecule has 1 atom stereocenters. The average molecular weight is 316 g/mol. The Labute approximate surface area is 136 Å². The number of morpholine rings is 1. The molecule has 1 unspecified atom stereocenters. The summed E-state index contributed by atoms with van der Waals surface area (Å²) in [6, 6.07) is 3.99. The van der Waals surface area contributed by atoms with Gasteiger partial charge in [-0.05, 0) is 31.4 Å². The number of pyridine rings is 1. The molecule has 0 saturated carbocycles. The normalized spacial score (nSPS) is 23.4. The molecule has 6 nitrogen and oxygen atoms in total. The highest BCUT2D eigenvalue weighted by Gasteiger charge is 2.24. The van der Waals surface area contributed by atoms with Gasteiger partial charge < -0.3 is 14.0 Å². The van der Waals surface area contributed by atoms with E-state index in [0.29, 0.717) is 0 Å². The smallest absolute Gasteiger partial charge is 0.160 e. The lowest BCUT2D eigenvalue weighted by Crippen LogP contribution is -2.38. The van der Waals surface area contributed by atoms with Gasteiger partial charge in [-0.25, -0.2) is 9.97 Å². The molecule has 0 radical (unpaired) electrons. The standard InChI is InChI=1S/C17H24N4O2/c1-2-11-23-15(5-1)17-19-14-4-3-6-18-16(14)21(17)8-7-20-9-12-22-13-10-20/h3-4,6,15H,1-2,5,7-13H2. The van der Waals surface area contributed by atoms with Crippen molar-refractivity contribution >= 4 is 11.2 Å². The number of nitrogens with zero attached hydrogens (tertiary/aromatic N) is 4. The minimum absolute atomic E-state index is 0.114. The molecule has 2 saturated heterocycles. The highest BCUT2D eigenvalue weighted by Crippen LogP contribution is 2.29. The van der Waals surface area contributed by atoms with Gasteiger partial charge in [0.1, 0.15) is 17.4 Å². The summed E-state index contributed by atoms with van der Waals surface area (Å²) in [7, 11) is 0. The van der Waals surface area contributed by atoms with Crippen LogP contribution in [0.15, 0.2) is 18.3 Å². The SMILES string of the molecule is c1cnc2c(c1)nc(C1CCCCO1)n2CCN1CCOCC1. The summed E-state index contributed by atoms with van der Waals surface area (Å²) < 4.78 is 13.7. The second-order valence-electron chi connectivity index (χ2n) is 6.28. The molecule has 2 aromatic heterocycles. The molecule has 2 aliphatic heterocycles. The topological polar surface area (TPSA) is 52.4 Å². The summed E-state index contributed by atoms with van der Waals surface area (Å²) in [5.41, 5.74) is 1.95. The van der Waals surface area contributed by atoms with Crippen molar-refractivity contribution in [1.82, 2.24) is 19.4 Å². The van der Waals surface area contributed by atoms with Gasteiger partial charge in [0, 0.05) is 39.0 Å². The number of aromatic nitrogens is 3. The van der Waals surface area contributed by atoms with E-state index >= 15 is 0 Å². The third-order valence-corrected chi connectivity index (χ3v) is 4.74. The van der Waals surface area contributed by atoms with Crippen LogP contribution in [-0.2, 0) is 16.0 Å². The van der Waals surface area contributed by atoms with E-state index in [4.69, 9.17) is 14.5 Å². The molecule has 4 rings (SSSR count). The molecular weight excluding hydrogens is 292 g/mol. The number of fused-ring (bicyclic) bond motifs is 1. The monoisotopic (exact) mass is 316 g/mol. The Morgan fingerprint density at radius 1 is 1.13 bits per heavy atom. The van der Waals surface area contributed by atoms with Crippen LogP contribution in [0.5, 0.6) is 0 Å². The van der Waals surface area contributed by atoms with Crippen molar-refractivity contribution < 1.29 is 9.47 Å². The first-order chi connectivity index (χ1) is 11.4. The molecule has 2 aliphatic rings. The lowest BCUT2D eigenvalue weighted by atomic mass is 10.1. The highest BCUT2D eigenvalue weighted by molar-refractivity contribution is 5.71. The number of hydrogen-bond donors (Lipinski definition) is 0. The van der Waals surface area contributed by atoms with Crippen LogP contribution in [0.4, 0.5) is 0 Å². The Bertz CT molecular complexity index is 645. The van der Waals surface area contributed by atoms with Crippen molar-refractivity contribution in [2.24, 2.45) is 0 Å². The van der Waals surface area contributed by atoms with Gasteiger partial charge in [0.15, 0.2) is 5.65 Å². The Morgan fingerprint density at radius 3 is 2.87 bits per heavy atom. The Kier molecular flexibility index (Phi) is 4.55. The lowest BCUT2D eigenvalue weighted by Gasteiger charge is -2.28. The summed E-state index contributed by atoms with van der Waals surface area (Å²) in [5.74, 6) is 1.05. The number of ether oxygens (including phenoxy) is 2. The summed E-state index contributed by atoms with van der Waals surface area (Å²) in [5, 5.41) is 0. The first-order valence-corrected chi connectivity index (χ1v) is 8.65. The lowest BCUT2D eigenvalue weighted by molar-refractivity contribution is 0.00650. The highest BCUT2D eigenvalue weighted by atomic mass is 16.5. The maximum absolute atomic E-state index is 5.98. The fourth-order valence-corrected chi connectivity index (χ4v) is 3.45. The van der Waals surface area contributed by atoms with Gasteiger partial charge in [0.2, 0.25) is 0 Å². The van der Waals surface area contributed by atoms with Crippen molar-refractivity contribution in [3.8, 4) is 0 Å². The van der Waals surface area contributed by atoms with Crippen LogP contribution < -0.4 is 0 Å². The first kappa shape index (κ1) is 15.1. The number of rotatable bonds is 4. The fourth-order valence-electron chi connectivity index (χ4n) is 3.45. The van der Waals surface area contributed by atoms with Gasteiger partial charge in [0.25, 0.3) is 0 Å². The van der Waals surface area contributed by atoms with E-state index in [1.807, 2.05) is 18.3 Å². The van der Waals surface area contributed by atoms with Crippen molar-refractivity contribution in [2.45, 2.75) is 31.9 Å². The van der Waals surface area contributed by atoms with Crippen LogP contribution in [0.3, 0.4) is 0 Å². The number of hydrogen-bond acceptors (Lipinski definition) is 5. The minimum atomic E-state index is 0.114. The van der Waals surface area contributed by atoms with E-state index in [-0.39, 0.29) is 6.10 Å².